The van der Waals surface area contributed by atoms with E-state index in [9.17, 15) is 13.6 Å². The van der Waals surface area contributed by atoms with Crippen LogP contribution < -0.4 is 0 Å². The van der Waals surface area contributed by atoms with Gasteiger partial charge in [-0.3, -0.25) is 4.79 Å². The average Bonchev–Trinajstić information content (AvgIpc) is 2.78. The molecular weight excluding hydrogens is 414 g/mol. The zero-order chi connectivity index (χ0) is 23.8. The molecule has 0 saturated heterocycles. The van der Waals surface area contributed by atoms with E-state index >= 15 is 0 Å². The molecule has 0 radical (unpaired) electrons. The molecule has 1 aliphatic rings. The van der Waals surface area contributed by atoms with Crippen LogP contribution in [0.2, 0.25) is 0 Å². The summed E-state index contributed by atoms with van der Waals surface area (Å²) >= 11 is 0. The maximum atomic E-state index is 14.5. The van der Waals surface area contributed by atoms with E-state index in [2.05, 4.69) is 45.9 Å². The highest BCUT2D eigenvalue weighted by molar-refractivity contribution is 5.77. The van der Waals surface area contributed by atoms with Crippen LogP contribution in [0, 0.1) is 11.6 Å². The van der Waals surface area contributed by atoms with Crippen LogP contribution in [0.1, 0.15) is 84.3 Å². The molecule has 1 aliphatic carbocycles. The Kier molecular flexibility index (Phi) is 6.09. The van der Waals surface area contributed by atoms with Gasteiger partial charge in [-0.2, -0.15) is 0 Å². The Balaban J connectivity index is 1.83. The van der Waals surface area contributed by atoms with E-state index in [-0.39, 0.29) is 10.8 Å². The summed E-state index contributed by atoms with van der Waals surface area (Å²) in [6.45, 7) is 9.11. The van der Waals surface area contributed by atoms with Gasteiger partial charge in [0.1, 0.15) is 17.9 Å². The maximum Gasteiger partial charge on any atom is 0.150 e. The first kappa shape index (κ1) is 23.1. The predicted octanol–water partition coefficient (Wildman–Crippen LogP) is 7.89. The molecule has 0 N–H and O–H groups in total. The summed E-state index contributed by atoms with van der Waals surface area (Å²) in [6, 6.07) is 15.7. The van der Waals surface area contributed by atoms with Gasteiger partial charge in [0.25, 0.3) is 0 Å². The van der Waals surface area contributed by atoms with E-state index in [1.54, 1.807) is 12.1 Å². The highest BCUT2D eigenvalue weighted by atomic mass is 19.1. The molecule has 0 aromatic heterocycles. The monoisotopic (exact) mass is 444 g/mol. The Morgan fingerprint density at radius 1 is 0.758 bits per heavy atom. The minimum Gasteiger partial charge on any atom is -0.298 e. The lowest BCUT2D eigenvalue weighted by atomic mass is 9.62. The third kappa shape index (κ3) is 4.83. The van der Waals surface area contributed by atoms with Gasteiger partial charge >= 0.3 is 0 Å². The standard InChI is InChI=1S/C30H30F2O/c1-29(2)13-14-30(3,4)27-17-24(15-23-11-12-25(31)18-28(23)32)22(16-26(27)29)10-9-20-5-7-21(19-33)8-6-20/h5-12,16-19H,13-15H2,1-4H3/b10-9+. The average molecular weight is 445 g/mol. The number of rotatable bonds is 5. The predicted molar refractivity (Wildman–Crippen MR) is 132 cm³/mol. The van der Waals surface area contributed by atoms with Gasteiger partial charge in [-0.25, -0.2) is 8.78 Å². The molecule has 33 heavy (non-hydrogen) atoms. The molecule has 0 bridgehead atoms. The van der Waals surface area contributed by atoms with Crippen molar-refractivity contribution in [3.05, 3.63) is 105 Å². The van der Waals surface area contributed by atoms with Gasteiger partial charge in [-0.1, -0.05) is 82.3 Å². The molecule has 0 amide bonds. The Hall–Kier alpha value is -3.07. The van der Waals surface area contributed by atoms with Crippen molar-refractivity contribution in [1.29, 1.82) is 0 Å². The third-order valence-corrected chi connectivity index (χ3v) is 7.04. The third-order valence-electron chi connectivity index (χ3n) is 7.04. The fraction of sp³-hybridized carbons (Fsp3) is 0.300. The Morgan fingerprint density at radius 2 is 1.36 bits per heavy atom. The maximum absolute atomic E-state index is 14.5. The molecule has 0 atom stereocenters. The van der Waals surface area contributed by atoms with Gasteiger partial charge < -0.3 is 0 Å². The van der Waals surface area contributed by atoms with E-state index in [0.29, 0.717) is 17.5 Å². The van der Waals surface area contributed by atoms with Crippen molar-refractivity contribution in [2.75, 3.05) is 0 Å². The fourth-order valence-electron chi connectivity index (χ4n) is 4.73. The summed E-state index contributed by atoms with van der Waals surface area (Å²) in [5, 5.41) is 0. The number of hydrogen-bond acceptors (Lipinski definition) is 1. The number of hydrogen-bond donors (Lipinski definition) is 0. The molecule has 3 aromatic carbocycles. The Morgan fingerprint density at radius 3 is 1.97 bits per heavy atom. The molecule has 0 heterocycles. The second-order valence-electron chi connectivity index (χ2n) is 10.4. The molecule has 0 aliphatic heterocycles. The van der Waals surface area contributed by atoms with Gasteiger partial charge in [-0.15, -0.1) is 0 Å². The Bertz CT molecular complexity index is 1220. The summed E-state index contributed by atoms with van der Waals surface area (Å²) in [5.41, 5.74) is 6.88. The van der Waals surface area contributed by atoms with Gasteiger partial charge in [-0.05, 0) is 63.1 Å². The van der Waals surface area contributed by atoms with Crippen LogP contribution in [0.15, 0.2) is 54.6 Å². The molecule has 170 valence electrons. The largest absolute Gasteiger partial charge is 0.298 e. The van der Waals surface area contributed by atoms with Crippen LogP contribution in [-0.4, -0.2) is 6.29 Å². The molecule has 3 heteroatoms. The molecule has 1 nitrogen and oxygen atoms in total. The zero-order valence-corrected chi connectivity index (χ0v) is 19.7. The van der Waals surface area contributed by atoms with Crippen molar-refractivity contribution in [3.63, 3.8) is 0 Å². The van der Waals surface area contributed by atoms with Crippen molar-refractivity contribution in [3.8, 4) is 0 Å². The first-order chi connectivity index (χ1) is 15.6. The first-order valence-corrected chi connectivity index (χ1v) is 11.4. The molecule has 3 aromatic rings. The molecule has 0 fully saturated rings. The van der Waals surface area contributed by atoms with Gasteiger partial charge in [0.2, 0.25) is 0 Å². The van der Waals surface area contributed by atoms with E-state index < -0.39 is 11.6 Å². The van der Waals surface area contributed by atoms with Crippen molar-refractivity contribution in [2.24, 2.45) is 0 Å². The molecule has 4 rings (SSSR count). The van der Waals surface area contributed by atoms with Crippen LogP contribution in [0.3, 0.4) is 0 Å². The molecular formula is C30H30F2O. The van der Waals surface area contributed by atoms with Crippen LogP contribution in [0.4, 0.5) is 8.78 Å². The van der Waals surface area contributed by atoms with Crippen LogP contribution >= 0.6 is 0 Å². The van der Waals surface area contributed by atoms with Crippen molar-refractivity contribution in [1.82, 2.24) is 0 Å². The van der Waals surface area contributed by atoms with Crippen molar-refractivity contribution in [2.45, 2.75) is 57.8 Å². The van der Waals surface area contributed by atoms with E-state index in [1.165, 1.54) is 23.3 Å². The number of fused-ring (bicyclic) bond motifs is 1. The van der Waals surface area contributed by atoms with Gasteiger partial charge in [0.05, 0.1) is 0 Å². The number of halogens is 2. The molecule has 0 saturated carbocycles. The Labute approximate surface area is 195 Å². The summed E-state index contributed by atoms with van der Waals surface area (Å²) in [5.74, 6) is -1.09. The molecule has 0 spiro atoms. The lowest BCUT2D eigenvalue weighted by molar-refractivity contribution is 0.112. The van der Waals surface area contributed by atoms with Crippen molar-refractivity contribution >= 4 is 18.4 Å². The summed E-state index contributed by atoms with van der Waals surface area (Å²) < 4.78 is 28.0. The topological polar surface area (TPSA) is 17.1 Å². The summed E-state index contributed by atoms with van der Waals surface area (Å²) in [4.78, 5) is 10.9. The highest BCUT2D eigenvalue weighted by Gasteiger charge is 2.37. The quantitative estimate of drug-likeness (QED) is 0.289. The number of benzene rings is 3. The second kappa shape index (κ2) is 8.70. The SMILES string of the molecule is CC1(C)CCC(C)(C)c2cc(Cc3ccc(F)cc3F)c(/C=C/c3ccc(C=O)cc3)cc21. The number of aldehydes is 1. The van der Waals surface area contributed by atoms with Gasteiger partial charge in [0, 0.05) is 18.1 Å². The number of carbonyl (C=O) groups is 1. The van der Waals surface area contributed by atoms with Crippen LogP contribution in [-0.2, 0) is 17.3 Å². The highest BCUT2D eigenvalue weighted by Crippen LogP contribution is 2.47. The lowest BCUT2D eigenvalue weighted by Gasteiger charge is -2.42. The lowest BCUT2D eigenvalue weighted by Crippen LogP contribution is -2.34. The zero-order valence-electron chi connectivity index (χ0n) is 19.7. The summed E-state index contributed by atoms with van der Waals surface area (Å²) in [6.07, 6.45) is 7.49. The van der Waals surface area contributed by atoms with Crippen LogP contribution in [0.5, 0.6) is 0 Å². The van der Waals surface area contributed by atoms with E-state index in [1.807, 2.05) is 18.2 Å². The van der Waals surface area contributed by atoms with Crippen LogP contribution in [0.25, 0.3) is 12.2 Å². The fourth-order valence-corrected chi connectivity index (χ4v) is 4.73. The van der Waals surface area contributed by atoms with Crippen molar-refractivity contribution < 1.29 is 13.6 Å². The smallest absolute Gasteiger partial charge is 0.150 e. The van der Waals surface area contributed by atoms with E-state index in [4.69, 9.17) is 0 Å². The normalized spacial score (nSPS) is 16.5. The first-order valence-electron chi connectivity index (χ1n) is 11.4. The van der Waals surface area contributed by atoms with Gasteiger partial charge in [0.15, 0.2) is 0 Å². The number of carbonyl (C=O) groups excluding carboxylic acids is 1. The minimum atomic E-state index is -0.566. The second-order valence-corrected chi connectivity index (χ2v) is 10.4. The minimum absolute atomic E-state index is 0.0356. The van der Waals surface area contributed by atoms with E-state index in [0.717, 1.165) is 41.9 Å². The molecule has 0 unspecified atom stereocenters. The summed E-state index contributed by atoms with van der Waals surface area (Å²) in [7, 11) is 0.